The Morgan fingerprint density at radius 3 is 2.50 bits per heavy atom. The third kappa shape index (κ3) is 6.34. The van der Waals surface area contributed by atoms with Gasteiger partial charge in [-0.2, -0.15) is 13.2 Å². The highest BCUT2D eigenvalue weighted by molar-refractivity contribution is 5.65. The summed E-state index contributed by atoms with van der Waals surface area (Å²) in [7, 11) is 0. The molecule has 0 heterocycles. The molecular weight excluding hydrogens is 297 g/mol. The number of halogens is 3. The Morgan fingerprint density at radius 2 is 1.91 bits per heavy atom. The topological polar surface area (TPSA) is 64.3 Å². The van der Waals surface area contributed by atoms with Crippen LogP contribution in [0.25, 0.3) is 0 Å². The van der Waals surface area contributed by atoms with E-state index in [1.54, 1.807) is 19.9 Å². The van der Waals surface area contributed by atoms with Gasteiger partial charge in [-0.1, -0.05) is 18.2 Å². The van der Waals surface area contributed by atoms with Crippen LogP contribution >= 0.6 is 0 Å². The minimum absolute atomic E-state index is 0.132. The van der Waals surface area contributed by atoms with Gasteiger partial charge in [-0.05, 0) is 44.9 Å². The molecule has 0 saturated heterocycles. The fraction of sp³-hybridized carbons (Fsp3) is 0.533. The van der Waals surface area contributed by atoms with Gasteiger partial charge >= 0.3 is 12.3 Å². The molecule has 1 aromatic carbocycles. The normalized spacial score (nSPS) is 12.2. The number of alkyl halides is 3. The summed E-state index contributed by atoms with van der Waals surface area (Å²) in [6.45, 7) is 4.11. The number of primary amides is 1. The van der Waals surface area contributed by atoms with Crippen molar-refractivity contribution in [1.29, 1.82) is 0 Å². The Kier molecular flexibility index (Phi) is 6.22. The molecule has 22 heavy (non-hydrogen) atoms. The first-order chi connectivity index (χ1) is 10.1. The first-order valence-electron chi connectivity index (χ1n) is 6.96. The predicted octanol–water partition coefficient (Wildman–Crippen LogP) is 3.45. The smallest absolute Gasteiger partial charge is 0.416 e. The van der Waals surface area contributed by atoms with Crippen LogP contribution in [0.5, 0.6) is 0 Å². The highest BCUT2D eigenvalue weighted by atomic mass is 19.4. The molecule has 0 spiro atoms. The van der Waals surface area contributed by atoms with E-state index in [-0.39, 0.29) is 12.1 Å². The van der Waals surface area contributed by atoms with Crippen LogP contribution < -0.4 is 11.1 Å². The lowest BCUT2D eigenvalue weighted by molar-refractivity contribution is -0.138. The van der Waals surface area contributed by atoms with Crippen molar-refractivity contribution in [2.24, 2.45) is 5.73 Å². The van der Waals surface area contributed by atoms with Crippen LogP contribution in [0.4, 0.5) is 18.0 Å². The largest absolute Gasteiger partial charge is 0.444 e. The summed E-state index contributed by atoms with van der Waals surface area (Å²) in [6, 6.07) is 5.48. The Bertz CT molecular complexity index is 502. The first-order valence-corrected chi connectivity index (χ1v) is 6.96. The second kappa shape index (κ2) is 7.49. The number of nitrogens with two attached hydrogens (primary N) is 1. The van der Waals surface area contributed by atoms with Crippen molar-refractivity contribution in [2.45, 2.75) is 45.0 Å². The van der Waals surface area contributed by atoms with E-state index >= 15 is 0 Å². The fourth-order valence-corrected chi connectivity index (χ4v) is 2.14. The molecular formula is C15H21F3N2O2. The SMILES string of the molecule is CC(C)(CCCNCc1ccccc1C(F)(F)F)OC(N)=O. The first kappa shape index (κ1) is 18.3. The van der Waals surface area contributed by atoms with Gasteiger partial charge in [-0.3, -0.25) is 0 Å². The van der Waals surface area contributed by atoms with Crippen LogP contribution in [0.3, 0.4) is 0 Å². The Morgan fingerprint density at radius 1 is 1.27 bits per heavy atom. The number of benzene rings is 1. The minimum Gasteiger partial charge on any atom is -0.444 e. The maximum absolute atomic E-state index is 12.8. The number of ether oxygens (including phenoxy) is 1. The van der Waals surface area contributed by atoms with Crippen LogP contribution in [-0.2, 0) is 17.5 Å². The van der Waals surface area contributed by atoms with Crippen LogP contribution in [0.15, 0.2) is 24.3 Å². The lowest BCUT2D eigenvalue weighted by Crippen LogP contribution is -2.32. The number of hydrogen-bond acceptors (Lipinski definition) is 3. The van der Waals surface area contributed by atoms with Gasteiger partial charge in [0.05, 0.1) is 5.56 Å². The molecule has 124 valence electrons. The zero-order valence-electron chi connectivity index (χ0n) is 12.7. The number of hydrogen-bond donors (Lipinski definition) is 2. The van der Waals surface area contributed by atoms with Gasteiger partial charge in [0.25, 0.3) is 0 Å². The summed E-state index contributed by atoms with van der Waals surface area (Å²) in [6.07, 6.45) is -3.98. The van der Waals surface area contributed by atoms with Crippen molar-refractivity contribution in [3.8, 4) is 0 Å². The van der Waals surface area contributed by atoms with Crippen LogP contribution in [0.2, 0.25) is 0 Å². The maximum Gasteiger partial charge on any atom is 0.416 e. The maximum atomic E-state index is 12.8. The van der Waals surface area contributed by atoms with E-state index in [0.717, 1.165) is 6.07 Å². The van der Waals surface area contributed by atoms with Crippen molar-refractivity contribution in [1.82, 2.24) is 5.32 Å². The monoisotopic (exact) mass is 318 g/mol. The molecule has 4 nitrogen and oxygen atoms in total. The number of carbonyl (C=O) groups excluding carboxylic acids is 1. The van der Waals surface area contributed by atoms with E-state index in [1.807, 2.05) is 0 Å². The minimum atomic E-state index is -4.35. The molecule has 3 N–H and O–H groups in total. The average Bonchev–Trinajstić information content (AvgIpc) is 2.36. The summed E-state index contributed by atoms with van der Waals surface area (Å²) in [4.78, 5) is 10.7. The molecule has 1 amide bonds. The molecule has 0 aliphatic carbocycles. The summed E-state index contributed by atoms with van der Waals surface area (Å²) in [5, 5.41) is 2.97. The molecule has 0 fully saturated rings. The van der Waals surface area contributed by atoms with Crippen molar-refractivity contribution < 1.29 is 22.7 Å². The van der Waals surface area contributed by atoms with Crippen LogP contribution in [0.1, 0.15) is 37.8 Å². The third-order valence-electron chi connectivity index (χ3n) is 3.15. The second-order valence-corrected chi connectivity index (χ2v) is 5.62. The molecule has 1 rings (SSSR count). The lowest BCUT2D eigenvalue weighted by Gasteiger charge is -2.23. The van der Waals surface area contributed by atoms with E-state index in [1.165, 1.54) is 12.1 Å². The lowest BCUT2D eigenvalue weighted by atomic mass is 10.0. The number of rotatable bonds is 7. The standard InChI is InChI=1S/C15H21F3N2O2/c1-14(2,22-13(19)21)8-5-9-20-10-11-6-3-4-7-12(11)15(16,17)18/h3-4,6-7,20H,5,8-10H2,1-2H3,(H2,19,21). The summed E-state index contributed by atoms with van der Waals surface area (Å²) >= 11 is 0. The zero-order chi connectivity index (χ0) is 16.8. The van der Waals surface area contributed by atoms with Gasteiger partial charge in [-0.15, -0.1) is 0 Å². The molecule has 0 aliphatic heterocycles. The summed E-state index contributed by atoms with van der Waals surface area (Å²) in [5.74, 6) is 0. The molecule has 0 unspecified atom stereocenters. The summed E-state index contributed by atoms with van der Waals surface area (Å²) in [5.41, 5.74) is 3.86. The zero-order valence-corrected chi connectivity index (χ0v) is 12.7. The van der Waals surface area contributed by atoms with Crippen molar-refractivity contribution in [3.05, 3.63) is 35.4 Å². The molecule has 7 heteroatoms. The Labute approximate surface area is 127 Å². The number of nitrogens with one attached hydrogen (secondary N) is 1. The average molecular weight is 318 g/mol. The summed E-state index contributed by atoms with van der Waals surface area (Å²) < 4.78 is 43.4. The quantitative estimate of drug-likeness (QED) is 0.757. The third-order valence-corrected chi connectivity index (χ3v) is 3.15. The van der Waals surface area contributed by atoms with Gasteiger partial charge in [0.2, 0.25) is 0 Å². The molecule has 0 bridgehead atoms. The second-order valence-electron chi connectivity index (χ2n) is 5.62. The van der Waals surface area contributed by atoms with Gasteiger partial charge in [0, 0.05) is 6.54 Å². The highest BCUT2D eigenvalue weighted by Gasteiger charge is 2.32. The van der Waals surface area contributed by atoms with E-state index in [9.17, 15) is 18.0 Å². The van der Waals surface area contributed by atoms with Gasteiger partial charge in [0.1, 0.15) is 5.60 Å². The van der Waals surface area contributed by atoms with Gasteiger partial charge < -0.3 is 15.8 Å². The number of carbonyl (C=O) groups is 1. The predicted molar refractivity (Wildman–Crippen MR) is 77.1 cm³/mol. The van der Waals surface area contributed by atoms with E-state index in [2.05, 4.69) is 5.32 Å². The fourth-order valence-electron chi connectivity index (χ4n) is 2.14. The van der Waals surface area contributed by atoms with Gasteiger partial charge in [-0.25, -0.2) is 4.79 Å². The molecule has 0 saturated carbocycles. The van der Waals surface area contributed by atoms with E-state index < -0.39 is 23.4 Å². The number of amides is 1. The van der Waals surface area contributed by atoms with E-state index in [0.29, 0.717) is 19.4 Å². The van der Waals surface area contributed by atoms with Crippen molar-refractivity contribution in [2.75, 3.05) is 6.54 Å². The Hall–Kier alpha value is -1.76. The van der Waals surface area contributed by atoms with Crippen molar-refractivity contribution in [3.63, 3.8) is 0 Å². The Balaban J connectivity index is 2.42. The molecule has 0 aliphatic rings. The molecule has 0 atom stereocenters. The molecule has 0 radical (unpaired) electrons. The molecule has 1 aromatic rings. The van der Waals surface area contributed by atoms with Crippen LogP contribution in [-0.4, -0.2) is 18.2 Å². The molecule has 0 aromatic heterocycles. The van der Waals surface area contributed by atoms with Crippen LogP contribution in [0, 0.1) is 0 Å². The van der Waals surface area contributed by atoms with Crippen molar-refractivity contribution >= 4 is 6.09 Å². The van der Waals surface area contributed by atoms with E-state index in [4.69, 9.17) is 10.5 Å². The highest BCUT2D eigenvalue weighted by Crippen LogP contribution is 2.31. The van der Waals surface area contributed by atoms with Gasteiger partial charge in [0.15, 0.2) is 0 Å².